The largest absolute Gasteiger partial charge is 0.491 e. The van der Waals surface area contributed by atoms with Gasteiger partial charge >= 0.3 is 11.9 Å². The van der Waals surface area contributed by atoms with Crippen LogP contribution in [0.25, 0.3) is 0 Å². The molecule has 1 fully saturated rings. The van der Waals surface area contributed by atoms with Crippen LogP contribution >= 0.6 is 0 Å². The molecular weight excluding hydrogens is 742 g/mol. The Bertz CT molecular complexity index is 1670. The molecule has 21 heteroatoms. The van der Waals surface area contributed by atoms with E-state index < -0.39 is 99.6 Å². The summed E-state index contributed by atoms with van der Waals surface area (Å²) in [5.41, 5.74) is -0.402. The number of benzene rings is 1. The van der Waals surface area contributed by atoms with Crippen LogP contribution in [-0.2, 0) is 55.0 Å². The molecular formula is C33H45N3O17S. The van der Waals surface area contributed by atoms with Crippen LogP contribution in [0.1, 0.15) is 39.2 Å². The van der Waals surface area contributed by atoms with E-state index in [2.05, 4.69) is 10.6 Å². The normalized spacial score (nSPS) is 22.1. The van der Waals surface area contributed by atoms with Gasteiger partial charge in [0.05, 0.1) is 30.7 Å². The van der Waals surface area contributed by atoms with Crippen molar-refractivity contribution in [3.05, 3.63) is 35.9 Å². The first-order chi connectivity index (χ1) is 25.2. The number of aliphatic hydroxyl groups is 3. The molecule has 3 rings (SSSR count). The van der Waals surface area contributed by atoms with E-state index in [4.69, 9.17) is 18.9 Å². The van der Waals surface area contributed by atoms with E-state index >= 15 is 0 Å². The molecule has 54 heavy (non-hydrogen) atoms. The second-order valence-electron chi connectivity index (χ2n) is 13.4. The van der Waals surface area contributed by atoms with Crippen LogP contribution in [0.3, 0.4) is 0 Å². The number of esters is 1. The number of carboxylic acid groups (broad SMARTS) is 1. The van der Waals surface area contributed by atoms with E-state index in [1.54, 1.807) is 20.8 Å². The number of imide groups is 1. The number of rotatable bonds is 19. The van der Waals surface area contributed by atoms with E-state index in [0.717, 1.165) is 17.1 Å². The number of amides is 4. The molecule has 0 spiro atoms. The monoisotopic (exact) mass is 787 g/mol. The molecule has 1 aliphatic carbocycles. The zero-order valence-electron chi connectivity index (χ0n) is 29.7. The van der Waals surface area contributed by atoms with Gasteiger partial charge in [-0.2, -0.15) is 8.42 Å². The minimum Gasteiger partial charge on any atom is -0.491 e. The number of nitrogens with zero attached hydrogens (tertiary/aromatic N) is 1. The summed E-state index contributed by atoms with van der Waals surface area (Å²) >= 11 is 0. The highest BCUT2D eigenvalue weighted by molar-refractivity contribution is 7.85. The van der Waals surface area contributed by atoms with Crippen molar-refractivity contribution in [1.82, 2.24) is 15.5 Å². The predicted octanol–water partition coefficient (Wildman–Crippen LogP) is -2.09. The highest BCUT2D eigenvalue weighted by Crippen LogP contribution is 2.32. The maximum absolute atomic E-state index is 12.7. The van der Waals surface area contributed by atoms with Crippen LogP contribution in [-0.4, -0.2) is 143 Å². The second kappa shape index (κ2) is 19.1. The second-order valence-corrected chi connectivity index (χ2v) is 14.9. The number of hydrogen-bond acceptors (Lipinski definition) is 15. The summed E-state index contributed by atoms with van der Waals surface area (Å²) in [5, 5.41) is 44.6. The molecule has 0 radical (unpaired) electrons. The van der Waals surface area contributed by atoms with Crippen molar-refractivity contribution >= 4 is 45.7 Å². The van der Waals surface area contributed by atoms with Crippen molar-refractivity contribution in [2.75, 3.05) is 38.7 Å². The van der Waals surface area contributed by atoms with Crippen molar-refractivity contribution in [2.24, 2.45) is 11.3 Å². The van der Waals surface area contributed by atoms with E-state index in [1.165, 1.54) is 18.2 Å². The molecule has 2 aliphatic rings. The molecule has 0 bridgehead atoms. The van der Waals surface area contributed by atoms with Gasteiger partial charge in [-0.3, -0.25) is 38.2 Å². The number of carbonyl (C=O) groups excluding carboxylic acids is 5. The fourth-order valence-electron chi connectivity index (χ4n) is 5.16. The van der Waals surface area contributed by atoms with Gasteiger partial charge < -0.3 is 50.0 Å². The number of aliphatic carboxylic acids is 1. The van der Waals surface area contributed by atoms with Gasteiger partial charge in [0, 0.05) is 49.7 Å². The summed E-state index contributed by atoms with van der Waals surface area (Å²) in [6, 6.07) is 2.65. The summed E-state index contributed by atoms with van der Waals surface area (Å²) in [4.78, 5) is 73.1. The van der Waals surface area contributed by atoms with Crippen molar-refractivity contribution in [1.29, 1.82) is 0 Å². The lowest BCUT2D eigenvalue weighted by Crippen LogP contribution is -2.57. The lowest BCUT2D eigenvalue weighted by Gasteiger charge is -2.38. The summed E-state index contributed by atoms with van der Waals surface area (Å²) in [6.07, 6.45) is -5.03. The van der Waals surface area contributed by atoms with Gasteiger partial charge in [0.2, 0.25) is 11.8 Å². The average Bonchev–Trinajstić information content (AvgIpc) is 3.40. The SMILES string of the molecule is CC(C)(C)C(=O)OCc1ccc(O[C@@H]2C[C@H](C(=O)O)[C@@H](O)[C@H](O)[C@H]2O)cc1OCCOCCNC(=O)[C@H](CS(=O)(=O)O)NC(=O)CCN1C(=O)C=CC1=O. The molecule has 0 aromatic heterocycles. The highest BCUT2D eigenvalue weighted by atomic mass is 32.2. The third-order valence-corrected chi connectivity index (χ3v) is 8.87. The molecule has 1 heterocycles. The number of hydrogen-bond donors (Lipinski definition) is 7. The predicted molar refractivity (Wildman–Crippen MR) is 182 cm³/mol. The van der Waals surface area contributed by atoms with Crippen LogP contribution in [0, 0.1) is 11.3 Å². The Balaban J connectivity index is 1.55. The summed E-state index contributed by atoms with van der Waals surface area (Å²) in [6.45, 7) is 4.02. The number of carboxylic acids is 1. The van der Waals surface area contributed by atoms with Crippen molar-refractivity contribution < 1.29 is 81.1 Å². The maximum Gasteiger partial charge on any atom is 0.311 e. The third-order valence-electron chi connectivity index (χ3n) is 8.12. The van der Waals surface area contributed by atoms with Crippen molar-refractivity contribution in [3.8, 4) is 11.5 Å². The molecule has 1 aromatic carbocycles. The summed E-state index contributed by atoms with van der Waals surface area (Å²) in [5.74, 6) is -7.28. The minimum atomic E-state index is -4.72. The molecule has 0 unspecified atom stereocenters. The first-order valence-electron chi connectivity index (χ1n) is 16.7. The van der Waals surface area contributed by atoms with Gasteiger partial charge in [0.25, 0.3) is 21.9 Å². The smallest absolute Gasteiger partial charge is 0.311 e. The van der Waals surface area contributed by atoms with Crippen LogP contribution in [0.15, 0.2) is 30.4 Å². The number of aliphatic hydroxyl groups excluding tert-OH is 3. The van der Waals surface area contributed by atoms with Gasteiger partial charge in [-0.1, -0.05) is 0 Å². The molecule has 7 N–H and O–H groups in total. The van der Waals surface area contributed by atoms with E-state index in [1.807, 2.05) is 0 Å². The quantitative estimate of drug-likeness (QED) is 0.0342. The Hall–Kier alpha value is -4.67. The van der Waals surface area contributed by atoms with Gasteiger partial charge in [-0.05, 0) is 32.9 Å². The summed E-state index contributed by atoms with van der Waals surface area (Å²) in [7, 11) is -4.72. The van der Waals surface area contributed by atoms with Crippen molar-refractivity contribution in [2.45, 2.75) is 70.7 Å². The fraction of sp³-hybridized carbons (Fsp3) is 0.576. The third kappa shape index (κ3) is 13.0. The zero-order valence-corrected chi connectivity index (χ0v) is 30.5. The topological polar surface area (TPSA) is 302 Å². The molecule has 300 valence electrons. The Morgan fingerprint density at radius 2 is 1.65 bits per heavy atom. The molecule has 1 saturated carbocycles. The fourth-order valence-corrected chi connectivity index (χ4v) is 5.81. The Kier molecular flexibility index (Phi) is 15.5. The molecule has 20 nitrogen and oxygen atoms in total. The van der Waals surface area contributed by atoms with E-state index in [-0.39, 0.29) is 57.4 Å². The maximum atomic E-state index is 12.7. The Morgan fingerprint density at radius 1 is 0.981 bits per heavy atom. The lowest BCUT2D eigenvalue weighted by molar-refractivity contribution is -0.174. The van der Waals surface area contributed by atoms with Gasteiger partial charge in [-0.25, -0.2) is 0 Å². The van der Waals surface area contributed by atoms with Gasteiger partial charge in [0.1, 0.15) is 54.8 Å². The molecule has 0 saturated heterocycles. The number of nitrogens with one attached hydrogen (secondary N) is 2. The van der Waals surface area contributed by atoms with Crippen LogP contribution in [0.5, 0.6) is 11.5 Å². The lowest BCUT2D eigenvalue weighted by atomic mass is 9.81. The van der Waals surface area contributed by atoms with E-state index in [9.17, 15) is 62.2 Å². The first-order valence-corrected chi connectivity index (χ1v) is 18.3. The van der Waals surface area contributed by atoms with Crippen LogP contribution in [0.2, 0.25) is 0 Å². The Morgan fingerprint density at radius 3 is 2.26 bits per heavy atom. The minimum absolute atomic E-state index is 0.0676. The van der Waals surface area contributed by atoms with Crippen molar-refractivity contribution in [3.63, 3.8) is 0 Å². The standard InChI is InChI=1S/C33H45N3O17S/c1-33(2,3)32(46)52-16-18-4-5-19(53-23-15-20(31(44)45)27(40)29(42)28(23)41)14-22(18)51-13-12-50-11-9-34-30(43)21(17-54(47,48)49)35-24(37)8-10-36-25(38)6-7-26(36)39/h4-7,14,20-21,23,27-29,40-42H,8-13,15-17H2,1-3H3,(H,34,43)(H,35,37)(H,44,45)(H,47,48,49)/t20-,21-,23+,27+,28-,29-/m0/s1. The summed E-state index contributed by atoms with van der Waals surface area (Å²) < 4.78 is 54.7. The van der Waals surface area contributed by atoms with Gasteiger partial charge in [-0.15, -0.1) is 0 Å². The van der Waals surface area contributed by atoms with Crippen LogP contribution < -0.4 is 20.1 Å². The first kappa shape index (κ1) is 43.7. The Labute approximate surface area is 310 Å². The molecule has 1 aliphatic heterocycles. The molecule has 4 amide bonds. The van der Waals surface area contributed by atoms with Crippen LogP contribution in [0.4, 0.5) is 0 Å². The molecule has 6 atom stereocenters. The number of ether oxygens (including phenoxy) is 4. The zero-order chi connectivity index (χ0) is 40.4. The van der Waals surface area contributed by atoms with E-state index in [0.29, 0.717) is 5.56 Å². The number of carbonyl (C=O) groups is 6. The van der Waals surface area contributed by atoms with Gasteiger partial charge in [0.15, 0.2) is 0 Å². The highest BCUT2D eigenvalue weighted by Gasteiger charge is 2.47. The molecule has 1 aromatic rings. The average molecular weight is 788 g/mol.